The van der Waals surface area contributed by atoms with E-state index in [4.69, 9.17) is 0 Å². The number of piperidine rings is 1. The van der Waals surface area contributed by atoms with Gasteiger partial charge in [-0.05, 0) is 49.2 Å². The van der Waals surface area contributed by atoms with Crippen LogP contribution in [0.1, 0.15) is 28.8 Å². The topological polar surface area (TPSA) is 92.6 Å². The van der Waals surface area contributed by atoms with Gasteiger partial charge in [0, 0.05) is 36.3 Å². The fraction of sp³-hybridized carbons (Fsp3) is 0.300. The van der Waals surface area contributed by atoms with E-state index in [1.165, 1.54) is 0 Å². The molecule has 0 aliphatic carbocycles. The molecular weight excluding hydrogens is 403 g/mol. The summed E-state index contributed by atoms with van der Waals surface area (Å²) in [5, 5.41) is 13.6. The van der Waals surface area contributed by atoms with Gasteiger partial charge in [-0.25, -0.2) is 0 Å². The van der Waals surface area contributed by atoms with Crippen molar-refractivity contribution in [1.82, 2.24) is 0 Å². The molecule has 1 heterocycles. The number of nitro groups is 1. The number of hydrogen-bond donors (Lipinski definition) is 1. The quantitative estimate of drug-likeness (QED) is 0.442. The lowest BCUT2D eigenvalue weighted by atomic mass is 9.95. The Labute approximate surface area is 169 Å². The molecule has 0 unspecified atom stereocenters. The average molecular weight is 421 g/mol. The second-order valence-electron chi connectivity index (χ2n) is 6.95. The molecule has 0 atom stereocenters. The maximum absolute atomic E-state index is 12.8. The first-order valence-corrected chi connectivity index (χ1v) is 9.15. The van der Waals surface area contributed by atoms with Gasteiger partial charge in [0.05, 0.1) is 10.5 Å². The van der Waals surface area contributed by atoms with Crippen LogP contribution in [-0.4, -0.2) is 30.2 Å². The van der Waals surface area contributed by atoms with Crippen LogP contribution in [0.25, 0.3) is 0 Å². The Kier molecular flexibility index (Phi) is 6.04. The molecule has 1 N–H and O–H groups in total. The van der Waals surface area contributed by atoms with Crippen molar-refractivity contribution in [3.05, 3.63) is 63.7 Å². The normalized spacial score (nSPS) is 15.0. The minimum absolute atomic E-state index is 0.259. The summed E-state index contributed by atoms with van der Waals surface area (Å²) in [6.45, 7) is 1.13. The van der Waals surface area contributed by atoms with E-state index in [0.717, 1.165) is 18.0 Å². The molecule has 0 bridgehead atoms. The third-order valence-electron chi connectivity index (χ3n) is 5.04. The monoisotopic (exact) mass is 421 g/mol. The van der Waals surface area contributed by atoms with Gasteiger partial charge in [0.25, 0.3) is 5.69 Å². The Bertz CT molecular complexity index is 953. The molecule has 2 aromatic rings. The SMILES string of the molecule is O=Cc1ccc(N2CCC(C(=O)Nc3ccc(C(F)(F)F)cc3[N+](=O)[O-])CC2)cc1. The van der Waals surface area contributed by atoms with Crippen LogP contribution in [0.15, 0.2) is 42.5 Å². The molecule has 1 saturated heterocycles. The number of amides is 1. The van der Waals surface area contributed by atoms with Crippen molar-refractivity contribution in [2.24, 2.45) is 5.92 Å². The number of rotatable bonds is 5. The number of alkyl halides is 3. The van der Waals surface area contributed by atoms with E-state index in [9.17, 15) is 32.9 Å². The van der Waals surface area contributed by atoms with Crippen LogP contribution in [0, 0.1) is 16.0 Å². The molecule has 10 heteroatoms. The van der Waals surface area contributed by atoms with Crippen molar-refractivity contribution in [1.29, 1.82) is 0 Å². The highest BCUT2D eigenvalue weighted by atomic mass is 19.4. The van der Waals surface area contributed by atoms with Crippen LogP contribution < -0.4 is 10.2 Å². The number of nitrogens with one attached hydrogen (secondary N) is 1. The molecule has 1 aliphatic rings. The predicted octanol–water partition coefficient (Wildman–Crippen LogP) is 4.28. The largest absolute Gasteiger partial charge is 0.416 e. The molecule has 1 amide bonds. The van der Waals surface area contributed by atoms with E-state index < -0.39 is 34.2 Å². The fourth-order valence-electron chi connectivity index (χ4n) is 3.36. The summed E-state index contributed by atoms with van der Waals surface area (Å²) in [4.78, 5) is 35.5. The van der Waals surface area contributed by atoms with Crippen molar-refractivity contribution >= 4 is 29.3 Å². The average Bonchev–Trinajstić information content (AvgIpc) is 2.73. The zero-order chi connectivity index (χ0) is 21.9. The maximum Gasteiger partial charge on any atom is 0.416 e. The minimum Gasteiger partial charge on any atom is -0.371 e. The van der Waals surface area contributed by atoms with Gasteiger partial charge in [-0.2, -0.15) is 13.2 Å². The summed E-state index contributed by atoms with van der Waals surface area (Å²) >= 11 is 0. The van der Waals surface area contributed by atoms with E-state index >= 15 is 0 Å². The van der Waals surface area contributed by atoms with Gasteiger partial charge in [-0.1, -0.05) is 0 Å². The van der Waals surface area contributed by atoms with Crippen LogP contribution in [-0.2, 0) is 11.0 Å². The highest BCUT2D eigenvalue weighted by Gasteiger charge is 2.34. The van der Waals surface area contributed by atoms with Crippen LogP contribution >= 0.6 is 0 Å². The number of carbonyl (C=O) groups is 2. The molecule has 7 nitrogen and oxygen atoms in total. The Morgan fingerprint density at radius 2 is 1.77 bits per heavy atom. The summed E-state index contributed by atoms with van der Waals surface area (Å²) in [6.07, 6.45) is -3.00. The van der Waals surface area contributed by atoms with Crippen LogP contribution in [0.3, 0.4) is 0 Å². The molecule has 0 aromatic heterocycles. The van der Waals surface area contributed by atoms with E-state index in [2.05, 4.69) is 10.2 Å². The van der Waals surface area contributed by atoms with Crippen molar-refractivity contribution in [3.8, 4) is 0 Å². The number of halogens is 3. The Morgan fingerprint density at radius 3 is 2.30 bits per heavy atom. The highest BCUT2D eigenvalue weighted by molar-refractivity contribution is 5.95. The zero-order valence-electron chi connectivity index (χ0n) is 15.7. The van der Waals surface area contributed by atoms with E-state index in [1.807, 2.05) is 12.1 Å². The number of nitrogens with zero attached hydrogens (tertiary/aromatic N) is 2. The Morgan fingerprint density at radius 1 is 1.13 bits per heavy atom. The fourth-order valence-corrected chi connectivity index (χ4v) is 3.36. The Hall–Kier alpha value is -3.43. The molecule has 158 valence electrons. The van der Waals surface area contributed by atoms with Crippen molar-refractivity contribution in [2.45, 2.75) is 19.0 Å². The highest BCUT2D eigenvalue weighted by Crippen LogP contribution is 2.35. The number of anilines is 2. The number of benzene rings is 2. The lowest BCUT2D eigenvalue weighted by Gasteiger charge is -2.33. The van der Waals surface area contributed by atoms with Gasteiger partial charge in [-0.3, -0.25) is 19.7 Å². The van der Waals surface area contributed by atoms with Gasteiger partial charge < -0.3 is 10.2 Å². The predicted molar refractivity (Wildman–Crippen MR) is 103 cm³/mol. The van der Waals surface area contributed by atoms with Gasteiger partial charge in [0.2, 0.25) is 5.91 Å². The van der Waals surface area contributed by atoms with E-state index in [1.54, 1.807) is 12.1 Å². The van der Waals surface area contributed by atoms with Crippen LogP contribution in [0.4, 0.5) is 30.2 Å². The van der Waals surface area contributed by atoms with Crippen LogP contribution in [0.2, 0.25) is 0 Å². The first-order chi connectivity index (χ1) is 14.2. The summed E-state index contributed by atoms with van der Waals surface area (Å²) in [5.41, 5.74) is -0.735. The molecule has 1 aliphatic heterocycles. The van der Waals surface area contributed by atoms with Crippen molar-refractivity contribution in [3.63, 3.8) is 0 Å². The van der Waals surface area contributed by atoms with Crippen molar-refractivity contribution < 1.29 is 27.7 Å². The maximum atomic E-state index is 12.8. The lowest BCUT2D eigenvalue weighted by molar-refractivity contribution is -0.384. The van der Waals surface area contributed by atoms with Crippen molar-refractivity contribution in [2.75, 3.05) is 23.3 Å². The van der Waals surface area contributed by atoms with E-state index in [-0.39, 0.29) is 5.69 Å². The first-order valence-electron chi connectivity index (χ1n) is 9.15. The molecular formula is C20H18F3N3O4. The number of carbonyl (C=O) groups excluding carboxylic acids is 2. The van der Waals surface area contributed by atoms with Crippen LogP contribution in [0.5, 0.6) is 0 Å². The molecule has 2 aromatic carbocycles. The summed E-state index contributed by atoms with van der Waals surface area (Å²) < 4.78 is 38.4. The Balaban J connectivity index is 1.65. The van der Waals surface area contributed by atoms with Gasteiger partial charge in [0.15, 0.2) is 0 Å². The smallest absolute Gasteiger partial charge is 0.371 e. The third-order valence-corrected chi connectivity index (χ3v) is 5.04. The molecule has 3 rings (SSSR count). The molecule has 0 saturated carbocycles. The standard InChI is InChI=1S/C20H18F3N3O4/c21-20(22,23)15-3-6-17(18(11-15)26(29)30)24-19(28)14-7-9-25(10-8-14)16-4-1-13(12-27)2-5-16/h1-6,11-12,14H,7-10H2,(H,24,28). The van der Waals surface area contributed by atoms with E-state index in [0.29, 0.717) is 43.6 Å². The summed E-state index contributed by atoms with van der Waals surface area (Å²) in [6, 6.07) is 9.05. The second kappa shape index (κ2) is 8.52. The lowest BCUT2D eigenvalue weighted by Crippen LogP contribution is -2.38. The second-order valence-corrected chi connectivity index (χ2v) is 6.95. The van der Waals surface area contributed by atoms with Gasteiger partial charge >= 0.3 is 6.18 Å². The number of aldehydes is 1. The first kappa shape index (κ1) is 21.3. The molecule has 1 fully saturated rings. The number of hydrogen-bond acceptors (Lipinski definition) is 5. The third kappa shape index (κ3) is 4.76. The minimum atomic E-state index is -4.72. The molecule has 30 heavy (non-hydrogen) atoms. The summed E-state index contributed by atoms with van der Waals surface area (Å²) in [5.74, 6) is -0.883. The zero-order valence-corrected chi connectivity index (χ0v) is 15.7. The van der Waals surface area contributed by atoms with Gasteiger partial charge in [0.1, 0.15) is 12.0 Å². The molecule has 0 spiro atoms. The molecule has 0 radical (unpaired) electrons. The number of nitro benzene ring substituents is 1. The van der Waals surface area contributed by atoms with Gasteiger partial charge in [-0.15, -0.1) is 0 Å². The summed E-state index contributed by atoms with van der Waals surface area (Å²) in [7, 11) is 0.